The van der Waals surface area contributed by atoms with E-state index in [-0.39, 0.29) is 30.5 Å². The van der Waals surface area contributed by atoms with Gasteiger partial charge in [-0.2, -0.15) is 0 Å². The molecule has 3 aromatic rings. The number of nitrogens with one attached hydrogen (secondary N) is 1. The fraction of sp³-hybridized carbons (Fsp3) is 0.269. The minimum absolute atomic E-state index is 0.0218. The van der Waals surface area contributed by atoms with Gasteiger partial charge >= 0.3 is 6.09 Å². The number of aryl methyl sites for hydroxylation is 1. The quantitative estimate of drug-likeness (QED) is 0.382. The second-order valence-corrected chi connectivity index (χ2v) is 8.69. The first kappa shape index (κ1) is 23.1. The average Bonchev–Trinajstić information content (AvgIpc) is 3.13. The van der Waals surface area contributed by atoms with Crippen molar-refractivity contribution in [2.45, 2.75) is 31.5 Å². The lowest BCUT2D eigenvalue weighted by Crippen LogP contribution is -2.30. The van der Waals surface area contributed by atoms with E-state index < -0.39 is 18.3 Å². The summed E-state index contributed by atoms with van der Waals surface area (Å²) in [5, 5.41) is 23.7. The molecule has 3 aromatic carbocycles. The van der Waals surface area contributed by atoms with E-state index in [9.17, 15) is 15.0 Å². The Morgan fingerprint density at radius 1 is 1.09 bits per heavy atom. The average molecular weight is 467 g/mol. The summed E-state index contributed by atoms with van der Waals surface area (Å²) in [5.41, 5.74) is 12.1. The summed E-state index contributed by atoms with van der Waals surface area (Å²) in [6, 6.07) is 19.5. The normalized spacial score (nSPS) is 14.3. The fourth-order valence-corrected chi connectivity index (χ4v) is 4.57. The predicted octanol–water partition coefficient (Wildman–Crippen LogP) is 4.55. The van der Waals surface area contributed by atoms with E-state index in [4.69, 9.17) is 22.1 Å². The van der Waals surface area contributed by atoms with Crippen LogP contribution in [-0.4, -0.2) is 35.6 Å². The molecule has 1 amide bonds. The number of halogens is 1. The molecule has 7 heteroatoms. The summed E-state index contributed by atoms with van der Waals surface area (Å²) in [5.74, 6) is -0.0218. The Balaban J connectivity index is 1.30. The Hall–Kier alpha value is -3.06. The Bertz CT molecular complexity index is 1120. The highest BCUT2D eigenvalue weighted by molar-refractivity contribution is 6.31. The van der Waals surface area contributed by atoms with Gasteiger partial charge in [0.05, 0.1) is 6.10 Å². The lowest BCUT2D eigenvalue weighted by atomic mass is 9.98. The van der Waals surface area contributed by atoms with Crippen LogP contribution in [0.15, 0.2) is 60.7 Å². The minimum Gasteiger partial charge on any atom is -0.449 e. The molecule has 5 N–H and O–H groups in total. The largest absolute Gasteiger partial charge is 0.449 e. The number of hydrogen-bond acceptors (Lipinski definition) is 5. The molecule has 0 saturated carbocycles. The van der Waals surface area contributed by atoms with Gasteiger partial charge in [0, 0.05) is 28.7 Å². The number of aliphatic hydroxyl groups is 2. The van der Waals surface area contributed by atoms with Crippen molar-refractivity contribution in [3.05, 3.63) is 87.9 Å². The summed E-state index contributed by atoms with van der Waals surface area (Å²) < 4.78 is 5.49. The number of carbonyl (C=O) groups is 1. The number of amides is 1. The van der Waals surface area contributed by atoms with E-state index in [0.29, 0.717) is 11.3 Å². The second-order valence-electron chi connectivity index (χ2n) is 8.28. The number of anilines is 1. The molecule has 2 unspecified atom stereocenters. The van der Waals surface area contributed by atoms with Crippen molar-refractivity contribution >= 4 is 23.4 Å². The Kier molecular flexibility index (Phi) is 6.88. The Morgan fingerprint density at radius 2 is 1.70 bits per heavy atom. The van der Waals surface area contributed by atoms with E-state index in [1.807, 2.05) is 24.3 Å². The molecule has 0 aromatic heterocycles. The number of ether oxygens (including phenoxy) is 1. The molecule has 0 fully saturated rings. The van der Waals surface area contributed by atoms with Gasteiger partial charge in [0.1, 0.15) is 12.7 Å². The van der Waals surface area contributed by atoms with Gasteiger partial charge in [0.25, 0.3) is 0 Å². The molecule has 1 aliphatic rings. The lowest BCUT2D eigenvalue weighted by molar-refractivity contribution is 0.0137. The van der Waals surface area contributed by atoms with Crippen molar-refractivity contribution in [3.8, 4) is 11.1 Å². The fourth-order valence-electron chi connectivity index (χ4n) is 4.28. The summed E-state index contributed by atoms with van der Waals surface area (Å²) in [7, 11) is 0. The van der Waals surface area contributed by atoms with Gasteiger partial charge in [-0.15, -0.1) is 0 Å². The summed E-state index contributed by atoms with van der Waals surface area (Å²) in [4.78, 5) is 12.3. The van der Waals surface area contributed by atoms with Crippen LogP contribution in [0.4, 0.5) is 10.5 Å². The van der Waals surface area contributed by atoms with Crippen LogP contribution >= 0.6 is 11.6 Å². The maximum Gasteiger partial charge on any atom is 0.407 e. The smallest absolute Gasteiger partial charge is 0.407 e. The predicted molar refractivity (Wildman–Crippen MR) is 129 cm³/mol. The van der Waals surface area contributed by atoms with Gasteiger partial charge in [0.2, 0.25) is 0 Å². The van der Waals surface area contributed by atoms with Gasteiger partial charge in [-0.25, -0.2) is 4.79 Å². The standard InChI is InChI=1S/C26H27ClN2O4/c1-15-12-20(22(27)13-23(15)28)25(31)24(30)10-11-29-26(32)33-14-21-18-8-4-2-6-16(18)17-7-3-5-9-19(17)21/h2-9,12-13,21,24-25,30-31H,10-11,14,28H2,1H3,(H,29,32). The number of benzene rings is 3. The molecule has 0 bridgehead atoms. The van der Waals surface area contributed by atoms with Gasteiger partial charge in [0.15, 0.2) is 0 Å². The Labute approximate surface area is 198 Å². The number of nitrogens with two attached hydrogens (primary N) is 1. The number of carbonyl (C=O) groups excluding carboxylic acids is 1. The van der Waals surface area contributed by atoms with Crippen LogP contribution in [0.3, 0.4) is 0 Å². The van der Waals surface area contributed by atoms with Gasteiger partial charge < -0.3 is 26.0 Å². The third-order valence-corrected chi connectivity index (χ3v) is 6.45. The van der Waals surface area contributed by atoms with E-state index in [0.717, 1.165) is 27.8 Å². The van der Waals surface area contributed by atoms with Crippen molar-refractivity contribution < 1.29 is 19.7 Å². The molecule has 2 atom stereocenters. The van der Waals surface area contributed by atoms with Crippen LogP contribution in [0, 0.1) is 6.92 Å². The van der Waals surface area contributed by atoms with Crippen LogP contribution in [0.5, 0.6) is 0 Å². The third kappa shape index (κ3) is 4.83. The summed E-state index contributed by atoms with van der Waals surface area (Å²) in [6.45, 7) is 2.15. The molecule has 6 nitrogen and oxygen atoms in total. The number of rotatable bonds is 7. The molecule has 1 aliphatic carbocycles. The number of alkyl carbamates (subject to hydrolysis) is 1. The molecule has 0 aliphatic heterocycles. The van der Waals surface area contributed by atoms with Gasteiger partial charge in [-0.3, -0.25) is 0 Å². The zero-order valence-electron chi connectivity index (χ0n) is 18.3. The topological polar surface area (TPSA) is 105 Å². The third-order valence-electron chi connectivity index (χ3n) is 6.12. The first-order chi connectivity index (χ1) is 15.9. The van der Waals surface area contributed by atoms with E-state index in [1.54, 1.807) is 19.1 Å². The molecule has 0 saturated heterocycles. The number of fused-ring (bicyclic) bond motifs is 3. The molecule has 0 radical (unpaired) electrons. The highest BCUT2D eigenvalue weighted by Gasteiger charge is 2.29. The van der Waals surface area contributed by atoms with Gasteiger partial charge in [-0.05, 0) is 53.3 Å². The molecule has 4 rings (SSSR count). The molecule has 0 spiro atoms. The molecule has 33 heavy (non-hydrogen) atoms. The van der Waals surface area contributed by atoms with Crippen molar-refractivity contribution in [1.82, 2.24) is 5.32 Å². The number of hydrogen-bond donors (Lipinski definition) is 4. The first-order valence-corrected chi connectivity index (χ1v) is 11.2. The Morgan fingerprint density at radius 3 is 2.33 bits per heavy atom. The monoisotopic (exact) mass is 466 g/mol. The molecular weight excluding hydrogens is 440 g/mol. The highest BCUT2D eigenvalue weighted by Crippen LogP contribution is 2.44. The number of aliphatic hydroxyl groups excluding tert-OH is 2. The van der Waals surface area contributed by atoms with Crippen LogP contribution in [0.25, 0.3) is 11.1 Å². The first-order valence-electron chi connectivity index (χ1n) is 10.9. The zero-order chi connectivity index (χ0) is 23.5. The van der Waals surface area contributed by atoms with E-state index in [1.165, 1.54) is 0 Å². The molecule has 0 heterocycles. The van der Waals surface area contributed by atoms with E-state index >= 15 is 0 Å². The SMILES string of the molecule is Cc1cc(C(O)C(O)CCNC(=O)OCC2c3ccccc3-c3ccccc32)c(Cl)cc1N. The van der Waals surface area contributed by atoms with E-state index in [2.05, 4.69) is 29.6 Å². The molecule has 172 valence electrons. The van der Waals surface area contributed by atoms with Crippen molar-refractivity contribution in [2.75, 3.05) is 18.9 Å². The molecular formula is C26H27ClN2O4. The van der Waals surface area contributed by atoms with Crippen LogP contribution in [-0.2, 0) is 4.74 Å². The highest BCUT2D eigenvalue weighted by atomic mass is 35.5. The lowest BCUT2D eigenvalue weighted by Gasteiger charge is -2.20. The van der Waals surface area contributed by atoms with Crippen molar-refractivity contribution in [2.24, 2.45) is 0 Å². The van der Waals surface area contributed by atoms with Crippen molar-refractivity contribution in [3.63, 3.8) is 0 Å². The van der Waals surface area contributed by atoms with Crippen LogP contribution in [0.2, 0.25) is 5.02 Å². The van der Waals surface area contributed by atoms with Crippen molar-refractivity contribution in [1.29, 1.82) is 0 Å². The number of nitrogen functional groups attached to an aromatic ring is 1. The summed E-state index contributed by atoms with van der Waals surface area (Å²) >= 11 is 6.16. The summed E-state index contributed by atoms with van der Waals surface area (Å²) in [6.07, 6.45) is -2.74. The maximum atomic E-state index is 12.3. The maximum absolute atomic E-state index is 12.3. The zero-order valence-corrected chi connectivity index (χ0v) is 19.0. The van der Waals surface area contributed by atoms with Crippen LogP contribution in [0.1, 0.15) is 40.7 Å². The van der Waals surface area contributed by atoms with Gasteiger partial charge in [-0.1, -0.05) is 60.1 Å². The second kappa shape index (κ2) is 9.83. The minimum atomic E-state index is -1.19. The van der Waals surface area contributed by atoms with Crippen LogP contribution < -0.4 is 11.1 Å².